The van der Waals surface area contributed by atoms with Gasteiger partial charge in [-0.05, 0) is 68.6 Å². The number of fused-ring (bicyclic) bond motifs is 1. The van der Waals surface area contributed by atoms with E-state index in [-0.39, 0.29) is 29.6 Å². The van der Waals surface area contributed by atoms with Crippen LogP contribution in [0.3, 0.4) is 0 Å². The summed E-state index contributed by atoms with van der Waals surface area (Å²) in [5.41, 5.74) is 2.67. The maximum absolute atomic E-state index is 14.2. The second-order valence-electron chi connectivity index (χ2n) is 11.4. The standard InChI is InChI=1S/C29H37N3O3/c1-18(2)15-23-26(33)30-24(22-16-20-13-9-10-14-21(20)17-22)28(35)32(23)25(19-11-7-6-8-12-19)27(34)31-29(3,4)5/h6-14,18,22-25H,15-17H2,1-5H3,(H,30,33)(H,31,34)/t23-,24-,25-/m0/s1. The van der Waals surface area contributed by atoms with Crippen molar-refractivity contribution in [2.75, 3.05) is 0 Å². The zero-order chi connectivity index (χ0) is 25.3. The molecule has 0 bridgehead atoms. The van der Waals surface area contributed by atoms with Crippen molar-refractivity contribution in [1.82, 2.24) is 15.5 Å². The molecule has 2 aliphatic rings. The third kappa shape index (κ3) is 5.42. The van der Waals surface area contributed by atoms with Gasteiger partial charge < -0.3 is 15.5 Å². The third-order valence-electron chi connectivity index (χ3n) is 6.85. The number of nitrogens with one attached hydrogen (secondary N) is 2. The van der Waals surface area contributed by atoms with Gasteiger partial charge in [-0.15, -0.1) is 0 Å². The van der Waals surface area contributed by atoms with Crippen LogP contribution in [0.2, 0.25) is 0 Å². The SMILES string of the molecule is CC(C)C[C@H]1C(=O)N[C@@H](C2Cc3ccccc3C2)C(=O)N1[C@H](C(=O)NC(C)(C)C)c1ccccc1. The molecule has 1 heterocycles. The van der Waals surface area contributed by atoms with Gasteiger partial charge in [0, 0.05) is 5.54 Å². The molecular formula is C29H37N3O3. The lowest BCUT2D eigenvalue weighted by Crippen LogP contribution is -2.67. The van der Waals surface area contributed by atoms with Crippen LogP contribution >= 0.6 is 0 Å². The summed E-state index contributed by atoms with van der Waals surface area (Å²) in [6.45, 7) is 9.82. The van der Waals surface area contributed by atoms with Crippen LogP contribution in [-0.4, -0.2) is 40.2 Å². The summed E-state index contributed by atoms with van der Waals surface area (Å²) in [5.74, 6) is -0.479. The minimum atomic E-state index is -0.885. The summed E-state index contributed by atoms with van der Waals surface area (Å²) in [6.07, 6.45) is 1.96. The molecule has 1 aliphatic carbocycles. The summed E-state index contributed by atoms with van der Waals surface area (Å²) in [4.78, 5) is 43.0. The molecule has 1 saturated heterocycles. The molecule has 186 valence electrons. The molecular weight excluding hydrogens is 438 g/mol. The zero-order valence-corrected chi connectivity index (χ0v) is 21.4. The van der Waals surface area contributed by atoms with E-state index in [0.717, 1.165) is 12.8 Å². The van der Waals surface area contributed by atoms with Crippen molar-refractivity contribution < 1.29 is 14.4 Å². The van der Waals surface area contributed by atoms with E-state index in [1.54, 1.807) is 4.90 Å². The van der Waals surface area contributed by atoms with Crippen molar-refractivity contribution >= 4 is 17.7 Å². The Hall–Kier alpha value is -3.15. The number of rotatable bonds is 6. The first-order valence-corrected chi connectivity index (χ1v) is 12.6. The van der Waals surface area contributed by atoms with Crippen molar-refractivity contribution in [3.63, 3.8) is 0 Å². The highest BCUT2D eigenvalue weighted by Gasteiger charge is 2.49. The van der Waals surface area contributed by atoms with Gasteiger partial charge in [-0.1, -0.05) is 68.4 Å². The highest BCUT2D eigenvalue weighted by Crippen LogP contribution is 2.35. The van der Waals surface area contributed by atoms with Crippen LogP contribution in [0.4, 0.5) is 0 Å². The van der Waals surface area contributed by atoms with Gasteiger partial charge in [0.1, 0.15) is 18.1 Å². The van der Waals surface area contributed by atoms with E-state index in [0.29, 0.717) is 12.0 Å². The van der Waals surface area contributed by atoms with Gasteiger partial charge in [-0.2, -0.15) is 0 Å². The lowest BCUT2D eigenvalue weighted by Gasteiger charge is -2.45. The highest BCUT2D eigenvalue weighted by atomic mass is 16.2. The number of nitrogens with zero attached hydrogens (tertiary/aromatic N) is 1. The Balaban J connectivity index is 1.74. The fourth-order valence-electron chi connectivity index (χ4n) is 5.39. The highest BCUT2D eigenvalue weighted by molar-refractivity contribution is 6.00. The van der Waals surface area contributed by atoms with Crippen LogP contribution < -0.4 is 10.6 Å². The molecule has 0 aromatic heterocycles. The smallest absolute Gasteiger partial charge is 0.247 e. The molecule has 6 nitrogen and oxygen atoms in total. The Kier molecular flexibility index (Phi) is 7.02. The fraction of sp³-hybridized carbons (Fsp3) is 0.483. The average Bonchev–Trinajstić information content (AvgIpc) is 3.21. The minimum absolute atomic E-state index is 0.0338. The first-order valence-electron chi connectivity index (χ1n) is 12.6. The van der Waals surface area contributed by atoms with Crippen molar-refractivity contribution in [3.8, 4) is 0 Å². The van der Waals surface area contributed by atoms with Crippen LogP contribution in [0.15, 0.2) is 54.6 Å². The molecule has 1 fully saturated rings. The molecule has 2 N–H and O–H groups in total. The molecule has 1 aliphatic heterocycles. The fourth-order valence-corrected chi connectivity index (χ4v) is 5.39. The maximum atomic E-state index is 14.2. The lowest BCUT2D eigenvalue weighted by atomic mass is 9.87. The Morgan fingerprint density at radius 3 is 2.11 bits per heavy atom. The first kappa shape index (κ1) is 25.0. The largest absolute Gasteiger partial charge is 0.349 e. The molecule has 0 unspecified atom stereocenters. The van der Waals surface area contributed by atoms with Crippen molar-refractivity contribution in [2.24, 2.45) is 11.8 Å². The van der Waals surface area contributed by atoms with Crippen LogP contribution in [0.25, 0.3) is 0 Å². The van der Waals surface area contributed by atoms with Crippen LogP contribution in [0, 0.1) is 11.8 Å². The number of hydrogen-bond donors (Lipinski definition) is 2. The second kappa shape index (κ2) is 9.84. The quantitative estimate of drug-likeness (QED) is 0.667. The predicted octanol–water partition coefficient (Wildman–Crippen LogP) is 3.80. The van der Waals surface area contributed by atoms with Crippen molar-refractivity contribution in [3.05, 3.63) is 71.3 Å². The molecule has 3 amide bonds. The molecule has 4 rings (SSSR count). The summed E-state index contributed by atoms with van der Waals surface area (Å²) < 4.78 is 0. The second-order valence-corrected chi connectivity index (χ2v) is 11.4. The molecule has 3 atom stereocenters. The number of hydrogen-bond acceptors (Lipinski definition) is 3. The predicted molar refractivity (Wildman–Crippen MR) is 136 cm³/mol. The van der Waals surface area contributed by atoms with E-state index in [1.165, 1.54) is 11.1 Å². The molecule has 6 heteroatoms. The summed E-state index contributed by atoms with van der Waals surface area (Å²) in [5, 5.41) is 6.12. The molecule has 0 spiro atoms. The lowest BCUT2D eigenvalue weighted by molar-refractivity contribution is -0.158. The Morgan fingerprint density at radius 2 is 1.57 bits per heavy atom. The Labute approximate surface area is 208 Å². The molecule has 2 aromatic carbocycles. The van der Waals surface area contributed by atoms with Crippen LogP contribution in [-0.2, 0) is 27.2 Å². The number of carbonyl (C=O) groups is 3. The van der Waals surface area contributed by atoms with Crippen molar-refractivity contribution in [1.29, 1.82) is 0 Å². The third-order valence-corrected chi connectivity index (χ3v) is 6.85. The van der Waals surface area contributed by atoms with Gasteiger partial charge in [0.25, 0.3) is 0 Å². The number of piperazine rings is 1. The normalized spacial score (nSPS) is 21.6. The summed E-state index contributed by atoms with van der Waals surface area (Å²) >= 11 is 0. The summed E-state index contributed by atoms with van der Waals surface area (Å²) in [6, 6.07) is 15.3. The minimum Gasteiger partial charge on any atom is -0.349 e. The molecule has 0 radical (unpaired) electrons. The van der Waals surface area contributed by atoms with E-state index in [4.69, 9.17) is 0 Å². The van der Waals surface area contributed by atoms with E-state index >= 15 is 0 Å². The maximum Gasteiger partial charge on any atom is 0.247 e. The molecule has 0 saturated carbocycles. The van der Waals surface area contributed by atoms with Crippen LogP contribution in [0.1, 0.15) is 63.8 Å². The van der Waals surface area contributed by atoms with Gasteiger partial charge in [-0.25, -0.2) is 0 Å². The van der Waals surface area contributed by atoms with Gasteiger partial charge >= 0.3 is 0 Å². The zero-order valence-electron chi connectivity index (χ0n) is 21.4. The number of amides is 3. The Morgan fingerprint density at radius 1 is 1.00 bits per heavy atom. The number of benzene rings is 2. The number of carbonyl (C=O) groups excluding carboxylic acids is 3. The van der Waals surface area contributed by atoms with Gasteiger partial charge in [-0.3, -0.25) is 14.4 Å². The van der Waals surface area contributed by atoms with Crippen LogP contribution in [0.5, 0.6) is 0 Å². The topological polar surface area (TPSA) is 78.5 Å². The van der Waals surface area contributed by atoms with E-state index in [2.05, 4.69) is 22.8 Å². The van der Waals surface area contributed by atoms with Gasteiger partial charge in [0.2, 0.25) is 17.7 Å². The van der Waals surface area contributed by atoms with Gasteiger partial charge in [0.05, 0.1) is 0 Å². The Bertz CT molecular complexity index is 1060. The molecule has 35 heavy (non-hydrogen) atoms. The van der Waals surface area contributed by atoms with E-state index in [9.17, 15) is 14.4 Å². The summed E-state index contributed by atoms with van der Waals surface area (Å²) in [7, 11) is 0. The first-order chi connectivity index (χ1) is 16.5. The van der Waals surface area contributed by atoms with E-state index < -0.39 is 23.7 Å². The van der Waals surface area contributed by atoms with Crippen molar-refractivity contribution in [2.45, 2.75) is 77.5 Å². The van der Waals surface area contributed by atoms with Gasteiger partial charge in [0.15, 0.2) is 0 Å². The average molecular weight is 476 g/mol. The monoisotopic (exact) mass is 475 g/mol. The molecule has 2 aromatic rings. The van der Waals surface area contributed by atoms with E-state index in [1.807, 2.05) is 77.1 Å².